The highest BCUT2D eigenvalue weighted by Gasteiger charge is 2.27. The maximum absolute atomic E-state index is 10.9. The quantitative estimate of drug-likeness (QED) is 0.851. The second-order valence-corrected chi connectivity index (χ2v) is 4.66. The summed E-state index contributed by atoms with van der Waals surface area (Å²) in [7, 11) is 0. The summed E-state index contributed by atoms with van der Waals surface area (Å²) in [6.07, 6.45) is 3.88. The second kappa shape index (κ2) is 5.05. The van der Waals surface area contributed by atoms with Crippen LogP contribution < -0.4 is 4.90 Å². The Balaban J connectivity index is 2.31. The minimum atomic E-state index is -0.900. The zero-order chi connectivity index (χ0) is 13.1. The smallest absolute Gasteiger partial charge is 0.323 e. The second-order valence-electron chi connectivity index (χ2n) is 4.66. The third-order valence-corrected chi connectivity index (χ3v) is 3.05. The van der Waals surface area contributed by atoms with Gasteiger partial charge < -0.3 is 10.0 Å². The largest absolute Gasteiger partial charge is 0.480 e. The van der Waals surface area contributed by atoms with Crippen LogP contribution in [0.5, 0.6) is 0 Å². The van der Waals surface area contributed by atoms with Crippen LogP contribution in [0.3, 0.4) is 0 Å². The lowest BCUT2D eigenvalue weighted by Gasteiger charge is -2.23. The van der Waals surface area contributed by atoms with Gasteiger partial charge in [-0.1, -0.05) is 0 Å². The topological polar surface area (TPSA) is 77.2 Å². The molecule has 0 unspecified atom stereocenters. The van der Waals surface area contributed by atoms with Gasteiger partial charge in [0.25, 0.3) is 0 Å². The number of carbonyl (C=O) groups is 1. The molecule has 94 valence electrons. The van der Waals surface area contributed by atoms with Gasteiger partial charge in [-0.2, -0.15) is 5.26 Å². The molecule has 1 fully saturated rings. The summed E-state index contributed by atoms with van der Waals surface area (Å²) in [5, 5.41) is 18.1. The maximum Gasteiger partial charge on any atom is 0.323 e. The average Bonchev–Trinajstić information content (AvgIpc) is 3.11. The highest BCUT2D eigenvalue weighted by Crippen LogP contribution is 2.32. The molecule has 1 N–H and O–H groups in total. The van der Waals surface area contributed by atoms with E-state index in [2.05, 4.69) is 11.1 Å². The lowest BCUT2D eigenvalue weighted by molar-refractivity contribution is -0.135. The molecule has 1 aromatic heterocycles. The predicted octanol–water partition coefficient (Wildman–Crippen LogP) is 1.56. The van der Waals surface area contributed by atoms with Crippen molar-refractivity contribution in [2.45, 2.75) is 19.8 Å². The molecule has 0 aliphatic heterocycles. The van der Waals surface area contributed by atoms with Crippen molar-refractivity contribution in [3.8, 4) is 6.07 Å². The molecule has 1 heterocycles. The monoisotopic (exact) mass is 245 g/mol. The van der Waals surface area contributed by atoms with E-state index >= 15 is 0 Å². The SMILES string of the molecule is Cc1ccnc(N(CC(=O)O)CC2CC2)c1C#N. The molecule has 5 nitrogen and oxygen atoms in total. The molecule has 0 aromatic carbocycles. The van der Waals surface area contributed by atoms with E-state index in [0.717, 1.165) is 18.4 Å². The highest BCUT2D eigenvalue weighted by atomic mass is 16.4. The van der Waals surface area contributed by atoms with Crippen LogP contribution in [0.25, 0.3) is 0 Å². The molecular weight excluding hydrogens is 230 g/mol. The summed E-state index contributed by atoms with van der Waals surface area (Å²) < 4.78 is 0. The van der Waals surface area contributed by atoms with E-state index in [0.29, 0.717) is 23.8 Å². The molecule has 0 radical (unpaired) electrons. The van der Waals surface area contributed by atoms with Gasteiger partial charge in [0.1, 0.15) is 18.4 Å². The van der Waals surface area contributed by atoms with Crippen LogP contribution in [-0.2, 0) is 4.79 Å². The predicted molar refractivity (Wildman–Crippen MR) is 66.3 cm³/mol. The molecule has 0 atom stereocenters. The number of carboxylic acids is 1. The van der Waals surface area contributed by atoms with Gasteiger partial charge in [0.15, 0.2) is 0 Å². The molecule has 1 aromatic rings. The van der Waals surface area contributed by atoms with Crippen molar-refractivity contribution in [2.24, 2.45) is 5.92 Å². The zero-order valence-corrected chi connectivity index (χ0v) is 10.3. The maximum atomic E-state index is 10.9. The molecule has 1 aliphatic rings. The molecule has 1 saturated carbocycles. The molecule has 0 spiro atoms. The van der Waals surface area contributed by atoms with Gasteiger partial charge in [-0.3, -0.25) is 4.79 Å². The zero-order valence-electron chi connectivity index (χ0n) is 10.3. The number of hydrogen-bond acceptors (Lipinski definition) is 4. The number of pyridine rings is 1. The standard InChI is InChI=1S/C13H15N3O2/c1-9-4-5-15-13(11(9)6-14)16(8-12(17)18)7-10-2-3-10/h4-5,10H,2-3,7-8H2,1H3,(H,17,18). The first-order valence-corrected chi connectivity index (χ1v) is 5.94. The molecule has 5 heteroatoms. The minimum Gasteiger partial charge on any atom is -0.480 e. The number of aromatic nitrogens is 1. The molecule has 0 saturated heterocycles. The van der Waals surface area contributed by atoms with Crippen molar-refractivity contribution in [3.05, 3.63) is 23.4 Å². The Hall–Kier alpha value is -2.09. The van der Waals surface area contributed by atoms with Gasteiger partial charge in [-0.25, -0.2) is 4.98 Å². The summed E-state index contributed by atoms with van der Waals surface area (Å²) in [4.78, 5) is 16.8. The highest BCUT2D eigenvalue weighted by molar-refractivity contribution is 5.74. The van der Waals surface area contributed by atoms with E-state index in [9.17, 15) is 4.79 Å². The summed E-state index contributed by atoms with van der Waals surface area (Å²) in [5.74, 6) is 0.132. The Bertz CT molecular complexity index is 503. The van der Waals surface area contributed by atoms with Crippen LogP contribution in [0.15, 0.2) is 12.3 Å². The Kier molecular flexibility index (Phi) is 3.47. The summed E-state index contributed by atoms with van der Waals surface area (Å²) in [6.45, 7) is 2.39. The van der Waals surface area contributed by atoms with E-state index in [4.69, 9.17) is 10.4 Å². The Labute approximate surface area is 106 Å². The van der Waals surface area contributed by atoms with Gasteiger partial charge >= 0.3 is 5.97 Å². The lowest BCUT2D eigenvalue weighted by atomic mass is 10.1. The van der Waals surface area contributed by atoms with Crippen LogP contribution in [0.4, 0.5) is 5.82 Å². The van der Waals surface area contributed by atoms with Crippen LogP contribution in [-0.4, -0.2) is 29.1 Å². The van der Waals surface area contributed by atoms with E-state index < -0.39 is 5.97 Å². The third kappa shape index (κ3) is 2.77. The Morgan fingerprint density at radius 2 is 2.39 bits per heavy atom. The van der Waals surface area contributed by atoms with Gasteiger partial charge in [-0.05, 0) is 37.3 Å². The number of nitriles is 1. The molecule has 0 bridgehead atoms. The van der Waals surface area contributed by atoms with Crippen molar-refractivity contribution in [1.82, 2.24) is 4.98 Å². The Morgan fingerprint density at radius 1 is 1.67 bits per heavy atom. The lowest BCUT2D eigenvalue weighted by Crippen LogP contribution is -2.33. The number of anilines is 1. The van der Waals surface area contributed by atoms with E-state index in [1.807, 2.05) is 6.92 Å². The fourth-order valence-electron chi connectivity index (χ4n) is 1.92. The van der Waals surface area contributed by atoms with Gasteiger partial charge in [0.2, 0.25) is 0 Å². The number of aryl methyl sites for hydroxylation is 1. The van der Waals surface area contributed by atoms with Crippen molar-refractivity contribution in [2.75, 3.05) is 18.0 Å². The van der Waals surface area contributed by atoms with Crippen molar-refractivity contribution < 1.29 is 9.90 Å². The van der Waals surface area contributed by atoms with Crippen LogP contribution in [0, 0.1) is 24.2 Å². The number of hydrogen-bond donors (Lipinski definition) is 1. The number of nitrogens with zero attached hydrogens (tertiary/aromatic N) is 3. The van der Waals surface area contributed by atoms with Gasteiger partial charge in [0, 0.05) is 12.7 Å². The van der Waals surface area contributed by atoms with Gasteiger partial charge in [0.05, 0.1) is 5.56 Å². The van der Waals surface area contributed by atoms with Crippen molar-refractivity contribution in [1.29, 1.82) is 5.26 Å². The van der Waals surface area contributed by atoms with E-state index in [-0.39, 0.29) is 6.54 Å². The average molecular weight is 245 g/mol. The van der Waals surface area contributed by atoms with E-state index in [1.165, 1.54) is 0 Å². The normalized spacial score (nSPS) is 14.0. The first-order chi connectivity index (χ1) is 8.61. The molecule has 1 aliphatic carbocycles. The molecule has 18 heavy (non-hydrogen) atoms. The first-order valence-electron chi connectivity index (χ1n) is 5.94. The van der Waals surface area contributed by atoms with Crippen molar-refractivity contribution >= 4 is 11.8 Å². The van der Waals surface area contributed by atoms with Crippen LogP contribution in [0.2, 0.25) is 0 Å². The minimum absolute atomic E-state index is 0.109. The summed E-state index contributed by atoms with van der Waals surface area (Å²) >= 11 is 0. The summed E-state index contributed by atoms with van der Waals surface area (Å²) in [5.41, 5.74) is 1.30. The molecule has 0 amide bonds. The molecule has 2 rings (SSSR count). The first kappa shape index (κ1) is 12.4. The number of aliphatic carboxylic acids is 1. The van der Waals surface area contributed by atoms with Crippen LogP contribution in [0.1, 0.15) is 24.0 Å². The van der Waals surface area contributed by atoms with E-state index in [1.54, 1.807) is 17.2 Å². The third-order valence-electron chi connectivity index (χ3n) is 3.05. The van der Waals surface area contributed by atoms with Gasteiger partial charge in [-0.15, -0.1) is 0 Å². The van der Waals surface area contributed by atoms with Crippen molar-refractivity contribution in [3.63, 3.8) is 0 Å². The fraction of sp³-hybridized carbons (Fsp3) is 0.462. The Morgan fingerprint density at radius 3 is 2.94 bits per heavy atom. The fourth-order valence-corrected chi connectivity index (χ4v) is 1.92. The van der Waals surface area contributed by atoms with Crippen LogP contribution >= 0.6 is 0 Å². The summed E-state index contributed by atoms with van der Waals surface area (Å²) in [6, 6.07) is 3.88. The number of rotatable bonds is 5. The number of carboxylic acid groups (broad SMARTS) is 1. The molecular formula is C13H15N3O2.